The van der Waals surface area contributed by atoms with Gasteiger partial charge in [-0.1, -0.05) is 24.6 Å². The normalized spacial score (nSPS) is 16.9. The van der Waals surface area contributed by atoms with Crippen molar-refractivity contribution in [2.45, 2.75) is 90.6 Å². The van der Waals surface area contributed by atoms with Crippen LogP contribution in [-0.4, -0.2) is 33.8 Å². The number of hydrogen-bond acceptors (Lipinski definition) is 3. The summed E-state index contributed by atoms with van der Waals surface area (Å²) in [5, 5.41) is 15.9. The lowest BCUT2D eigenvalue weighted by Crippen LogP contribution is -2.38. The zero-order valence-electron chi connectivity index (χ0n) is 19.7. The highest BCUT2D eigenvalue weighted by molar-refractivity contribution is 14.0. The maximum atomic E-state index is 4.83. The van der Waals surface area contributed by atoms with Gasteiger partial charge < -0.3 is 15.2 Å². The first kappa shape index (κ1) is 25.0. The molecule has 0 bridgehead atoms. The SMILES string of the molecule is CCNC(=NCCCc1nnc2n1CCCCC2)NC(C)c1ccc2c(c1)CCCC2.I. The van der Waals surface area contributed by atoms with E-state index in [0.717, 1.165) is 50.7 Å². The molecular weight excluding hydrogens is 511 g/mol. The van der Waals surface area contributed by atoms with Crippen LogP contribution in [0, 0.1) is 0 Å². The van der Waals surface area contributed by atoms with Gasteiger partial charge in [0.2, 0.25) is 0 Å². The van der Waals surface area contributed by atoms with E-state index in [9.17, 15) is 0 Å². The summed E-state index contributed by atoms with van der Waals surface area (Å²) in [5.41, 5.74) is 4.42. The van der Waals surface area contributed by atoms with Crippen LogP contribution < -0.4 is 10.6 Å². The van der Waals surface area contributed by atoms with E-state index in [1.165, 1.54) is 67.5 Å². The van der Waals surface area contributed by atoms with E-state index in [1.807, 2.05) is 0 Å². The second-order valence-corrected chi connectivity index (χ2v) is 8.96. The monoisotopic (exact) mass is 550 g/mol. The summed E-state index contributed by atoms with van der Waals surface area (Å²) in [6.45, 7) is 7.06. The van der Waals surface area contributed by atoms with Gasteiger partial charge >= 0.3 is 0 Å². The molecule has 1 atom stereocenters. The summed E-state index contributed by atoms with van der Waals surface area (Å²) < 4.78 is 2.35. The first-order chi connectivity index (χ1) is 15.2. The smallest absolute Gasteiger partial charge is 0.191 e. The van der Waals surface area contributed by atoms with Crippen LogP contribution >= 0.6 is 24.0 Å². The van der Waals surface area contributed by atoms with E-state index in [0.29, 0.717) is 0 Å². The van der Waals surface area contributed by atoms with Crippen molar-refractivity contribution in [2.75, 3.05) is 13.1 Å². The molecule has 0 saturated heterocycles. The van der Waals surface area contributed by atoms with Gasteiger partial charge in [0.1, 0.15) is 11.6 Å². The molecule has 0 spiro atoms. The summed E-state index contributed by atoms with van der Waals surface area (Å²) in [4.78, 5) is 4.83. The standard InChI is InChI=1S/C25H38N6.HI/c1-3-26-25(28-19(2)21-15-14-20-10-6-7-11-22(20)18-21)27-16-9-13-24-30-29-23-12-5-4-8-17-31(23)24;/h14-15,18-19H,3-13,16-17H2,1-2H3,(H2,26,27,28);1H. The number of fused-ring (bicyclic) bond motifs is 2. The van der Waals surface area contributed by atoms with Gasteiger partial charge in [-0.2, -0.15) is 0 Å². The molecule has 1 unspecified atom stereocenters. The van der Waals surface area contributed by atoms with Crippen molar-refractivity contribution in [1.29, 1.82) is 0 Å². The molecule has 1 aliphatic carbocycles. The van der Waals surface area contributed by atoms with Crippen LogP contribution in [-0.2, 0) is 32.2 Å². The number of rotatable bonds is 7. The Kier molecular flexibility index (Phi) is 9.81. The minimum absolute atomic E-state index is 0. The highest BCUT2D eigenvalue weighted by atomic mass is 127. The zero-order chi connectivity index (χ0) is 21.5. The lowest BCUT2D eigenvalue weighted by molar-refractivity contribution is 0.597. The van der Waals surface area contributed by atoms with Crippen molar-refractivity contribution >= 4 is 29.9 Å². The third kappa shape index (κ3) is 6.45. The Labute approximate surface area is 210 Å². The molecule has 32 heavy (non-hydrogen) atoms. The highest BCUT2D eigenvalue weighted by Crippen LogP contribution is 2.24. The quantitative estimate of drug-likeness (QED) is 0.226. The summed E-state index contributed by atoms with van der Waals surface area (Å²) in [5.74, 6) is 3.20. The Morgan fingerprint density at radius 3 is 2.72 bits per heavy atom. The van der Waals surface area contributed by atoms with Crippen molar-refractivity contribution in [3.8, 4) is 0 Å². The highest BCUT2D eigenvalue weighted by Gasteiger charge is 2.15. The Hall–Kier alpha value is -1.64. The second-order valence-electron chi connectivity index (χ2n) is 8.96. The molecule has 2 aliphatic rings. The third-order valence-electron chi connectivity index (χ3n) is 6.58. The van der Waals surface area contributed by atoms with Crippen molar-refractivity contribution in [3.05, 3.63) is 46.5 Å². The summed E-state index contributed by atoms with van der Waals surface area (Å²) in [7, 11) is 0. The molecule has 6 nitrogen and oxygen atoms in total. The average molecular weight is 551 g/mol. The Bertz CT molecular complexity index is 891. The fraction of sp³-hybridized carbons (Fsp3) is 0.640. The van der Waals surface area contributed by atoms with Crippen molar-refractivity contribution in [3.63, 3.8) is 0 Å². The molecular formula is C25H39IN6. The van der Waals surface area contributed by atoms with E-state index in [4.69, 9.17) is 4.99 Å². The van der Waals surface area contributed by atoms with Crippen molar-refractivity contribution in [2.24, 2.45) is 4.99 Å². The summed E-state index contributed by atoms with van der Waals surface area (Å²) in [6, 6.07) is 7.24. The van der Waals surface area contributed by atoms with Gasteiger partial charge in [0.15, 0.2) is 5.96 Å². The molecule has 2 N–H and O–H groups in total. The predicted octanol–water partition coefficient (Wildman–Crippen LogP) is 4.75. The van der Waals surface area contributed by atoms with Gasteiger partial charge in [-0.15, -0.1) is 34.2 Å². The first-order valence-electron chi connectivity index (χ1n) is 12.3. The molecule has 0 amide bonds. The van der Waals surface area contributed by atoms with Crippen LogP contribution in [0.4, 0.5) is 0 Å². The number of nitrogens with one attached hydrogen (secondary N) is 2. The minimum Gasteiger partial charge on any atom is -0.357 e. The lowest BCUT2D eigenvalue weighted by Gasteiger charge is -2.21. The van der Waals surface area contributed by atoms with Gasteiger partial charge in [-0.25, -0.2) is 0 Å². The largest absolute Gasteiger partial charge is 0.357 e. The van der Waals surface area contributed by atoms with E-state index < -0.39 is 0 Å². The van der Waals surface area contributed by atoms with E-state index >= 15 is 0 Å². The van der Waals surface area contributed by atoms with Gasteiger partial charge in [-0.05, 0) is 75.5 Å². The molecule has 0 radical (unpaired) electrons. The van der Waals surface area contributed by atoms with Crippen LogP contribution in [0.25, 0.3) is 0 Å². The zero-order valence-corrected chi connectivity index (χ0v) is 22.0. The van der Waals surface area contributed by atoms with Gasteiger partial charge in [-0.3, -0.25) is 4.99 Å². The predicted molar refractivity (Wildman–Crippen MR) is 142 cm³/mol. The maximum absolute atomic E-state index is 4.83. The second kappa shape index (κ2) is 12.6. The number of hydrogen-bond donors (Lipinski definition) is 2. The van der Waals surface area contributed by atoms with E-state index in [-0.39, 0.29) is 30.0 Å². The Morgan fingerprint density at radius 2 is 1.88 bits per heavy atom. The van der Waals surface area contributed by atoms with Gasteiger partial charge in [0.25, 0.3) is 0 Å². The number of aromatic nitrogens is 3. The fourth-order valence-electron chi connectivity index (χ4n) is 4.79. The van der Waals surface area contributed by atoms with Crippen molar-refractivity contribution in [1.82, 2.24) is 25.4 Å². The molecule has 1 aromatic carbocycles. The number of guanidine groups is 1. The fourth-order valence-corrected chi connectivity index (χ4v) is 4.79. The van der Waals surface area contributed by atoms with Crippen molar-refractivity contribution < 1.29 is 0 Å². The first-order valence-corrected chi connectivity index (χ1v) is 12.3. The Balaban J connectivity index is 0.00000289. The number of aryl methyl sites for hydroxylation is 4. The van der Waals surface area contributed by atoms with Crippen LogP contribution in [0.2, 0.25) is 0 Å². The van der Waals surface area contributed by atoms with Gasteiger partial charge in [0, 0.05) is 32.5 Å². The average Bonchev–Trinajstić information content (AvgIpc) is 3.01. The number of halogens is 1. The van der Waals surface area contributed by atoms with E-state index in [1.54, 1.807) is 0 Å². The number of nitrogens with zero attached hydrogens (tertiary/aromatic N) is 4. The van der Waals surface area contributed by atoms with Crippen LogP contribution in [0.3, 0.4) is 0 Å². The number of aliphatic imine (C=N–C) groups is 1. The van der Waals surface area contributed by atoms with Crippen LogP contribution in [0.1, 0.15) is 86.8 Å². The molecule has 7 heteroatoms. The molecule has 0 saturated carbocycles. The minimum atomic E-state index is 0. The topological polar surface area (TPSA) is 67.1 Å². The summed E-state index contributed by atoms with van der Waals surface area (Å²) >= 11 is 0. The number of benzene rings is 1. The molecule has 1 aromatic heterocycles. The summed E-state index contributed by atoms with van der Waals surface area (Å²) in [6.07, 6.45) is 11.9. The Morgan fingerprint density at radius 1 is 1.06 bits per heavy atom. The molecule has 1 aliphatic heterocycles. The molecule has 2 aromatic rings. The molecule has 0 fully saturated rings. The lowest BCUT2D eigenvalue weighted by atomic mass is 9.89. The third-order valence-corrected chi connectivity index (χ3v) is 6.58. The van der Waals surface area contributed by atoms with Crippen LogP contribution in [0.5, 0.6) is 0 Å². The molecule has 176 valence electrons. The van der Waals surface area contributed by atoms with E-state index in [2.05, 4.69) is 57.4 Å². The van der Waals surface area contributed by atoms with Crippen LogP contribution in [0.15, 0.2) is 23.2 Å². The molecule has 2 heterocycles. The maximum Gasteiger partial charge on any atom is 0.191 e. The van der Waals surface area contributed by atoms with Gasteiger partial charge in [0.05, 0.1) is 6.04 Å². The molecule has 4 rings (SSSR count).